The Hall–Kier alpha value is -2.51. The van der Waals surface area contributed by atoms with Crippen molar-refractivity contribution in [3.8, 4) is 0 Å². The van der Waals surface area contributed by atoms with E-state index in [1.165, 1.54) is 6.07 Å². The molecular formula is C19H23F3N4O. The molecule has 1 aliphatic rings. The van der Waals surface area contributed by atoms with Crippen molar-refractivity contribution in [1.82, 2.24) is 19.8 Å². The van der Waals surface area contributed by atoms with Gasteiger partial charge in [0.15, 0.2) is 0 Å². The Bertz CT molecular complexity index is 783. The number of amides is 2. The number of imidazole rings is 1. The van der Waals surface area contributed by atoms with Crippen molar-refractivity contribution < 1.29 is 18.0 Å². The molecule has 1 N–H and O–H groups in total. The number of aromatic nitrogens is 2. The van der Waals surface area contributed by atoms with E-state index in [0.717, 1.165) is 25.0 Å². The van der Waals surface area contributed by atoms with Crippen molar-refractivity contribution in [2.75, 3.05) is 13.1 Å². The average Bonchev–Trinajstić information content (AvgIpc) is 3.33. The second kappa shape index (κ2) is 8.02. The average molecular weight is 380 g/mol. The van der Waals surface area contributed by atoms with Gasteiger partial charge in [-0.05, 0) is 43.4 Å². The summed E-state index contributed by atoms with van der Waals surface area (Å²) in [5, 5.41) is 2.81. The lowest BCUT2D eigenvalue weighted by atomic mass is 10.1. The van der Waals surface area contributed by atoms with Crippen LogP contribution in [0, 0.1) is 5.92 Å². The third kappa shape index (κ3) is 5.24. The second-order valence-corrected chi connectivity index (χ2v) is 6.83. The van der Waals surface area contributed by atoms with E-state index >= 15 is 0 Å². The van der Waals surface area contributed by atoms with Gasteiger partial charge in [-0.15, -0.1) is 0 Å². The maximum absolute atomic E-state index is 12.9. The van der Waals surface area contributed by atoms with Crippen LogP contribution in [0.3, 0.4) is 0 Å². The third-order valence-corrected chi connectivity index (χ3v) is 4.53. The monoisotopic (exact) mass is 380 g/mol. The van der Waals surface area contributed by atoms with Crippen molar-refractivity contribution in [3.63, 3.8) is 0 Å². The molecule has 0 unspecified atom stereocenters. The maximum atomic E-state index is 12.9. The van der Waals surface area contributed by atoms with Gasteiger partial charge >= 0.3 is 12.2 Å². The Balaban J connectivity index is 1.74. The van der Waals surface area contributed by atoms with E-state index in [1.807, 2.05) is 6.92 Å². The summed E-state index contributed by atoms with van der Waals surface area (Å²) < 4.78 is 40.5. The number of alkyl halides is 3. The molecule has 146 valence electrons. The van der Waals surface area contributed by atoms with Crippen molar-refractivity contribution in [2.24, 2.45) is 5.92 Å². The van der Waals surface area contributed by atoms with E-state index in [9.17, 15) is 18.0 Å². The highest BCUT2D eigenvalue weighted by atomic mass is 19.4. The van der Waals surface area contributed by atoms with Crippen LogP contribution in [0.5, 0.6) is 0 Å². The van der Waals surface area contributed by atoms with Crippen LogP contribution in [0.4, 0.5) is 18.0 Å². The Morgan fingerprint density at radius 2 is 2.15 bits per heavy atom. The molecule has 1 aliphatic carbocycles. The molecule has 2 amide bonds. The second-order valence-electron chi connectivity index (χ2n) is 6.83. The van der Waals surface area contributed by atoms with Crippen LogP contribution in [-0.4, -0.2) is 33.6 Å². The van der Waals surface area contributed by atoms with E-state index in [-0.39, 0.29) is 12.6 Å². The molecule has 0 aliphatic heterocycles. The Morgan fingerprint density at radius 3 is 2.81 bits per heavy atom. The fourth-order valence-corrected chi connectivity index (χ4v) is 2.94. The van der Waals surface area contributed by atoms with Crippen molar-refractivity contribution in [3.05, 3.63) is 53.6 Å². The predicted octanol–water partition coefficient (Wildman–Crippen LogP) is 3.89. The fraction of sp³-hybridized carbons (Fsp3) is 0.474. The van der Waals surface area contributed by atoms with E-state index < -0.39 is 11.7 Å². The molecule has 1 heterocycles. The zero-order valence-electron chi connectivity index (χ0n) is 15.2. The number of carbonyl (C=O) groups excluding carboxylic acids is 1. The highest BCUT2D eigenvalue weighted by molar-refractivity contribution is 5.74. The summed E-state index contributed by atoms with van der Waals surface area (Å²) in [6, 6.07) is 5.13. The number of carbonyl (C=O) groups is 1. The zero-order valence-corrected chi connectivity index (χ0v) is 15.2. The van der Waals surface area contributed by atoms with Gasteiger partial charge in [0.1, 0.15) is 5.82 Å². The van der Waals surface area contributed by atoms with Crippen LogP contribution in [0.1, 0.15) is 36.7 Å². The molecule has 2 aromatic rings. The quantitative estimate of drug-likeness (QED) is 0.792. The first-order valence-corrected chi connectivity index (χ1v) is 9.05. The number of halogens is 3. The summed E-state index contributed by atoms with van der Waals surface area (Å²) >= 11 is 0. The molecule has 0 atom stereocenters. The van der Waals surface area contributed by atoms with E-state index in [0.29, 0.717) is 36.9 Å². The number of hydrogen-bond donors (Lipinski definition) is 1. The lowest BCUT2D eigenvalue weighted by molar-refractivity contribution is -0.137. The minimum atomic E-state index is -4.37. The number of hydrogen-bond acceptors (Lipinski definition) is 2. The molecule has 5 nitrogen and oxygen atoms in total. The summed E-state index contributed by atoms with van der Waals surface area (Å²) in [5.74, 6) is 1.18. The SMILES string of the molecule is CCNC(=O)N(Cc1nccn1Cc1cccc(C(F)(F)F)c1)CC1CC1. The summed E-state index contributed by atoms with van der Waals surface area (Å²) in [4.78, 5) is 18.4. The number of urea groups is 1. The maximum Gasteiger partial charge on any atom is 0.416 e. The molecule has 27 heavy (non-hydrogen) atoms. The topological polar surface area (TPSA) is 50.2 Å². The van der Waals surface area contributed by atoms with Crippen molar-refractivity contribution >= 4 is 6.03 Å². The molecule has 0 bridgehead atoms. The van der Waals surface area contributed by atoms with Gasteiger partial charge in [0, 0.05) is 32.0 Å². The lowest BCUT2D eigenvalue weighted by Crippen LogP contribution is -2.41. The van der Waals surface area contributed by atoms with Gasteiger partial charge in [-0.2, -0.15) is 13.2 Å². The molecule has 1 aromatic carbocycles. The van der Waals surface area contributed by atoms with Crippen LogP contribution < -0.4 is 5.32 Å². The van der Waals surface area contributed by atoms with Crippen LogP contribution in [0.2, 0.25) is 0 Å². The first kappa shape index (κ1) is 19.3. The first-order chi connectivity index (χ1) is 12.9. The fourth-order valence-electron chi connectivity index (χ4n) is 2.94. The van der Waals surface area contributed by atoms with Crippen molar-refractivity contribution in [1.29, 1.82) is 0 Å². The Morgan fingerprint density at radius 1 is 1.37 bits per heavy atom. The van der Waals surface area contributed by atoms with Gasteiger partial charge in [-0.25, -0.2) is 9.78 Å². The van der Waals surface area contributed by atoms with Gasteiger partial charge in [0.2, 0.25) is 0 Å². The van der Waals surface area contributed by atoms with Gasteiger partial charge in [0.05, 0.1) is 12.1 Å². The van der Waals surface area contributed by atoms with Crippen LogP contribution in [0.15, 0.2) is 36.7 Å². The molecule has 0 radical (unpaired) electrons. The molecular weight excluding hydrogens is 357 g/mol. The van der Waals surface area contributed by atoms with E-state index in [4.69, 9.17) is 0 Å². The molecule has 1 fully saturated rings. The van der Waals surface area contributed by atoms with Crippen LogP contribution in [0.25, 0.3) is 0 Å². The number of nitrogens with zero attached hydrogens (tertiary/aromatic N) is 3. The Labute approximate surface area is 156 Å². The normalized spacial score (nSPS) is 14.2. The van der Waals surface area contributed by atoms with Crippen molar-refractivity contribution in [2.45, 2.75) is 39.0 Å². The smallest absolute Gasteiger partial charge is 0.338 e. The number of nitrogens with one attached hydrogen (secondary N) is 1. The lowest BCUT2D eigenvalue weighted by Gasteiger charge is -2.23. The van der Waals surface area contributed by atoms with Gasteiger partial charge < -0.3 is 14.8 Å². The Kier molecular flexibility index (Phi) is 5.72. The molecule has 0 spiro atoms. The summed E-state index contributed by atoms with van der Waals surface area (Å²) in [6.07, 6.45) is 1.20. The van der Waals surface area contributed by atoms with E-state index in [2.05, 4.69) is 10.3 Å². The molecule has 8 heteroatoms. The molecule has 1 saturated carbocycles. The summed E-state index contributed by atoms with van der Waals surface area (Å²) in [5.41, 5.74) is -0.129. The largest absolute Gasteiger partial charge is 0.416 e. The molecule has 0 saturated heterocycles. The standard InChI is InChI=1S/C19H23F3N4O/c1-2-23-18(27)26(11-14-6-7-14)13-17-24-8-9-25(17)12-15-4-3-5-16(10-15)19(20,21)22/h3-5,8-10,14H,2,6-7,11-13H2,1H3,(H,23,27). The number of rotatable bonds is 7. The molecule has 3 rings (SSSR count). The predicted molar refractivity (Wildman–Crippen MR) is 95.0 cm³/mol. The highest BCUT2D eigenvalue weighted by Gasteiger charge is 2.30. The minimum Gasteiger partial charge on any atom is -0.338 e. The number of benzene rings is 1. The van der Waals surface area contributed by atoms with Gasteiger partial charge in [0.25, 0.3) is 0 Å². The van der Waals surface area contributed by atoms with Gasteiger partial charge in [-0.1, -0.05) is 12.1 Å². The third-order valence-electron chi connectivity index (χ3n) is 4.53. The molecule has 1 aromatic heterocycles. The first-order valence-electron chi connectivity index (χ1n) is 9.05. The van der Waals surface area contributed by atoms with E-state index in [1.54, 1.807) is 27.9 Å². The van der Waals surface area contributed by atoms with Crippen LogP contribution in [-0.2, 0) is 19.3 Å². The van der Waals surface area contributed by atoms with Crippen LogP contribution >= 0.6 is 0 Å². The summed E-state index contributed by atoms with van der Waals surface area (Å²) in [6.45, 7) is 3.67. The van der Waals surface area contributed by atoms with Gasteiger partial charge in [-0.3, -0.25) is 0 Å². The minimum absolute atomic E-state index is 0.141. The zero-order chi connectivity index (χ0) is 19.4. The highest BCUT2D eigenvalue weighted by Crippen LogP contribution is 2.31. The summed E-state index contributed by atoms with van der Waals surface area (Å²) in [7, 11) is 0.